The molecule has 0 unspecified atom stereocenters. The summed E-state index contributed by atoms with van der Waals surface area (Å²) in [6.45, 7) is 2.50. The molecular formula is C9H15NOS. The minimum Gasteiger partial charge on any atom is -0.317 e. The maximum atomic E-state index is 10.1. The quantitative estimate of drug-likeness (QED) is 0.625. The molecule has 2 heterocycles. The van der Waals surface area contributed by atoms with Gasteiger partial charge >= 0.3 is 0 Å². The lowest BCUT2D eigenvalue weighted by molar-refractivity contribution is -0.110. The van der Waals surface area contributed by atoms with E-state index >= 15 is 0 Å². The molecule has 0 bridgehead atoms. The fourth-order valence-corrected chi connectivity index (χ4v) is 1.65. The maximum Gasteiger partial charge on any atom is 0.196 e. The highest BCUT2D eigenvalue weighted by molar-refractivity contribution is 8.16. The van der Waals surface area contributed by atoms with Crippen molar-refractivity contribution in [3.05, 3.63) is 11.5 Å². The molecule has 2 nitrogen and oxygen atoms in total. The second-order valence-corrected chi connectivity index (χ2v) is 3.84. The van der Waals surface area contributed by atoms with Gasteiger partial charge in [0.2, 0.25) is 0 Å². The van der Waals surface area contributed by atoms with Crippen molar-refractivity contribution in [3.8, 4) is 0 Å². The first-order chi connectivity index (χ1) is 5.89. The highest BCUT2D eigenvalue weighted by atomic mass is 32.2. The summed E-state index contributed by atoms with van der Waals surface area (Å²) >= 11 is 1.28. The van der Waals surface area contributed by atoms with Crippen LogP contribution >= 0.6 is 11.8 Å². The number of rotatable bonds is 0. The van der Waals surface area contributed by atoms with Crippen LogP contribution in [0, 0.1) is 0 Å². The van der Waals surface area contributed by atoms with Gasteiger partial charge in [0, 0.05) is 6.42 Å². The summed E-state index contributed by atoms with van der Waals surface area (Å²) in [5.74, 6) is 0. The predicted molar refractivity (Wildman–Crippen MR) is 53.1 cm³/mol. The molecule has 3 heteroatoms. The zero-order chi connectivity index (χ0) is 8.65. The van der Waals surface area contributed by atoms with E-state index in [1.807, 2.05) is 11.5 Å². The number of thioether (sulfide) groups is 1. The van der Waals surface area contributed by atoms with Crippen molar-refractivity contribution in [1.29, 1.82) is 0 Å². The van der Waals surface area contributed by atoms with Crippen molar-refractivity contribution in [2.24, 2.45) is 0 Å². The van der Waals surface area contributed by atoms with Gasteiger partial charge in [-0.1, -0.05) is 24.3 Å². The number of hydrogen-bond donors (Lipinski definition) is 1. The summed E-state index contributed by atoms with van der Waals surface area (Å²) in [5.41, 5.74) is 0. The Balaban J connectivity index is 0.000000120. The van der Waals surface area contributed by atoms with Gasteiger partial charge in [-0.25, -0.2) is 0 Å². The van der Waals surface area contributed by atoms with E-state index in [1.54, 1.807) is 0 Å². The summed E-state index contributed by atoms with van der Waals surface area (Å²) in [5, 5.41) is 5.37. The molecule has 2 aliphatic rings. The van der Waals surface area contributed by atoms with Gasteiger partial charge in [-0.2, -0.15) is 0 Å². The van der Waals surface area contributed by atoms with E-state index in [0.717, 1.165) is 0 Å². The number of nitrogens with one attached hydrogen (secondary N) is 1. The molecule has 0 aromatic heterocycles. The molecule has 68 valence electrons. The third-order valence-electron chi connectivity index (χ3n) is 1.79. The van der Waals surface area contributed by atoms with Gasteiger partial charge in [-0.3, -0.25) is 4.79 Å². The van der Waals surface area contributed by atoms with Crippen LogP contribution in [0.25, 0.3) is 0 Å². The van der Waals surface area contributed by atoms with Gasteiger partial charge in [0.05, 0.1) is 0 Å². The van der Waals surface area contributed by atoms with Gasteiger partial charge in [0.1, 0.15) is 0 Å². The van der Waals surface area contributed by atoms with Crippen LogP contribution in [0.15, 0.2) is 11.5 Å². The predicted octanol–water partition coefficient (Wildman–Crippen LogP) is 1.92. The van der Waals surface area contributed by atoms with Crippen molar-refractivity contribution in [2.45, 2.75) is 25.7 Å². The molecule has 1 N–H and O–H groups in total. The molecule has 2 aliphatic heterocycles. The van der Waals surface area contributed by atoms with E-state index in [2.05, 4.69) is 5.32 Å². The first kappa shape index (κ1) is 9.81. The van der Waals surface area contributed by atoms with Crippen LogP contribution in [0.4, 0.5) is 0 Å². The molecule has 0 aromatic carbocycles. The average molecular weight is 185 g/mol. The van der Waals surface area contributed by atoms with Crippen LogP contribution in [0.5, 0.6) is 0 Å². The van der Waals surface area contributed by atoms with Crippen molar-refractivity contribution in [1.82, 2.24) is 5.32 Å². The lowest BCUT2D eigenvalue weighted by Crippen LogP contribution is -2.21. The summed E-state index contributed by atoms with van der Waals surface area (Å²) in [6, 6.07) is 0. The largest absolute Gasteiger partial charge is 0.317 e. The number of carbonyl (C=O) groups excluding carboxylic acids is 1. The molecule has 2 rings (SSSR count). The van der Waals surface area contributed by atoms with E-state index < -0.39 is 0 Å². The SMILES string of the molecule is C1CCNCC1.O=C1CC=CS1. The summed E-state index contributed by atoms with van der Waals surface area (Å²) < 4.78 is 0. The van der Waals surface area contributed by atoms with Gasteiger partial charge < -0.3 is 5.32 Å². The number of carbonyl (C=O) groups is 1. The van der Waals surface area contributed by atoms with Crippen LogP contribution in [0.2, 0.25) is 0 Å². The van der Waals surface area contributed by atoms with Crippen molar-refractivity contribution < 1.29 is 4.79 Å². The second-order valence-electron chi connectivity index (χ2n) is 2.88. The average Bonchev–Trinajstić information content (AvgIpc) is 2.60. The Morgan fingerprint density at radius 3 is 2.17 bits per heavy atom. The highest BCUT2D eigenvalue weighted by Crippen LogP contribution is 2.14. The van der Waals surface area contributed by atoms with Crippen LogP contribution in [0.3, 0.4) is 0 Å². The molecule has 0 saturated carbocycles. The second kappa shape index (κ2) is 6.26. The first-order valence-corrected chi connectivity index (χ1v) is 5.33. The maximum absolute atomic E-state index is 10.1. The van der Waals surface area contributed by atoms with Crippen LogP contribution in [-0.2, 0) is 4.79 Å². The van der Waals surface area contributed by atoms with Gasteiger partial charge in [-0.05, 0) is 31.3 Å². The summed E-state index contributed by atoms with van der Waals surface area (Å²) in [4.78, 5) is 10.1. The van der Waals surface area contributed by atoms with Gasteiger partial charge in [-0.15, -0.1) is 0 Å². The Morgan fingerprint density at radius 2 is 2.00 bits per heavy atom. The van der Waals surface area contributed by atoms with Crippen molar-refractivity contribution >= 4 is 16.9 Å². The molecule has 0 spiro atoms. The Labute approximate surface area is 77.8 Å². The first-order valence-electron chi connectivity index (χ1n) is 4.45. The minimum absolute atomic E-state index is 0.259. The van der Waals surface area contributed by atoms with Crippen molar-refractivity contribution in [3.63, 3.8) is 0 Å². The lowest BCUT2D eigenvalue weighted by Gasteiger charge is -2.08. The molecular weight excluding hydrogens is 170 g/mol. The minimum atomic E-state index is 0.259. The smallest absolute Gasteiger partial charge is 0.196 e. The normalized spacial score (nSPS) is 21.8. The van der Waals surface area contributed by atoms with E-state index in [-0.39, 0.29) is 5.12 Å². The fourth-order valence-electron chi connectivity index (χ4n) is 1.12. The summed E-state index contributed by atoms with van der Waals surface area (Å²) in [6.07, 6.45) is 6.71. The molecule has 12 heavy (non-hydrogen) atoms. The van der Waals surface area contributed by atoms with Crippen molar-refractivity contribution in [2.75, 3.05) is 13.1 Å². The Bertz CT molecular complexity index is 142. The molecule has 1 fully saturated rings. The fraction of sp³-hybridized carbons (Fsp3) is 0.667. The van der Waals surface area contributed by atoms with Gasteiger partial charge in [0.15, 0.2) is 5.12 Å². The van der Waals surface area contributed by atoms with Crippen LogP contribution in [0.1, 0.15) is 25.7 Å². The third kappa shape index (κ3) is 4.57. The molecule has 0 radical (unpaired) electrons. The Hall–Kier alpha value is -0.280. The molecule has 0 amide bonds. The third-order valence-corrected chi connectivity index (χ3v) is 2.55. The van der Waals surface area contributed by atoms with Gasteiger partial charge in [0.25, 0.3) is 0 Å². The Morgan fingerprint density at radius 1 is 1.25 bits per heavy atom. The zero-order valence-corrected chi connectivity index (χ0v) is 8.03. The van der Waals surface area contributed by atoms with E-state index in [9.17, 15) is 4.79 Å². The Kier molecular flexibility index (Phi) is 5.11. The van der Waals surface area contributed by atoms with E-state index in [1.165, 1.54) is 44.1 Å². The van der Waals surface area contributed by atoms with E-state index in [0.29, 0.717) is 6.42 Å². The lowest BCUT2D eigenvalue weighted by atomic mass is 10.2. The molecule has 0 aromatic rings. The number of allylic oxidation sites excluding steroid dienone is 1. The topological polar surface area (TPSA) is 29.1 Å². The zero-order valence-electron chi connectivity index (χ0n) is 7.21. The monoisotopic (exact) mass is 185 g/mol. The molecule has 0 atom stereocenters. The number of hydrogen-bond acceptors (Lipinski definition) is 3. The van der Waals surface area contributed by atoms with Crippen LogP contribution in [-0.4, -0.2) is 18.2 Å². The molecule has 1 saturated heterocycles. The molecule has 0 aliphatic carbocycles. The summed E-state index contributed by atoms with van der Waals surface area (Å²) in [7, 11) is 0. The number of piperidine rings is 1. The standard InChI is InChI=1S/C5H11N.C4H4OS/c1-2-4-6-5-3-1;5-4-2-1-3-6-4/h6H,1-5H2;1,3H,2H2. The van der Waals surface area contributed by atoms with E-state index in [4.69, 9.17) is 0 Å². The van der Waals surface area contributed by atoms with Crippen LogP contribution < -0.4 is 5.32 Å². The highest BCUT2D eigenvalue weighted by Gasteiger charge is 2.00.